The predicted molar refractivity (Wildman–Crippen MR) is 117 cm³/mol. The van der Waals surface area contributed by atoms with Crippen LogP contribution in [0.25, 0.3) is 0 Å². The number of hydroxylamine groups is 1. The zero-order chi connectivity index (χ0) is 22.3. The second-order valence-corrected chi connectivity index (χ2v) is 7.45. The van der Waals surface area contributed by atoms with E-state index in [1.54, 1.807) is 13.1 Å². The van der Waals surface area contributed by atoms with Gasteiger partial charge in [-0.05, 0) is 37.8 Å². The molecule has 0 bridgehead atoms. The monoisotopic (exact) mass is 436 g/mol. The van der Waals surface area contributed by atoms with Crippen LogP contribution in [-0.4, -0.2) is 32.9 Å². The van der Waals surface area contributed by atoms with E-state index in [0.717, 1.165) is 5.56 Å². The third kappa shape index (κ3) is 5.67. The molecule has 3 aromatic rings. The number of pyridine rings is 1. The van der Waals surface area contributed by atoms with Gasteiger partial charge in [-0.15, -0.1) is 0 Å². The zero-order valence-electron chi connectivity index (χ0n) is 17.9. The van der Waals surface area contributed by atoms with Crippen LogP contribution in [0.1, 0.15) is 36.8 Å². The summed E-state index contributed by atoms with van der Waals surface area (Å²) >= 11 is 0. The predicted octanol–water partition coefficient (Wildman–Crippen LogP) is 2.72. The Labute approximate surface area is 184 Å². The Hall–Kier alpha value is -3.79. The van der Waals surface area contributed by atoms with E-state index in [9.17, 15) is 4.79 Å². The number of hydrogen-bond donors (Lipinski definition) is 1. The van der Waals surface area contributed by atoms with E-state index in [1.807, 2.05) is 49.4 Å². The van der Waals surface area contributed by atoms with E-state index < -0.39 is 5.76 Å². The molecule has 0 atom stereocenters. The smallest absolute Gasteiger partial charge is 0.389 e. The number of aromatic nitrogens is 3. The van der Waals surface area contributed by atoms with Crippen molar-refractivity contribution in [2.75, 3.05) is 6.61 Å². The van der Waals surface area contributed by atoms with Crippen LogP contribution in [-0.2, 0) is 23.3 Å². The third-order valence-corrected chi connectivity index (χ3v) is 4.74. The highest BCUT2D eigenvalue weighted by molar-refractivity contribution is 6.10. The zero-order valence-corrected chi connectivity index (χ0v) is 17.9. The first kappa shape index (κ1) is 21.4. The van der Waals surface area contributed by atoms with Gasteiger partial charge in [0.05, 0.1) is 12.3 Å². The van der Waals surface area contributed by atoms with E-state index in [-0.39, 0.29) is 12.4 Å². The van der Waals surface area contributed by atoms with Gasteiger partial charge in [0.1, 0.15) is 5.84 Å². The highest BCUT2D eigenvalue weighted by Gasteiger charge is 2.21. The Balaban J connectivity index is 1.44. The molecule has 1 aliphatic carbocycles. The van der Waals surface area contributed by atoms with Crippen molar-refractivity contribution in [3.63, 3.8) is 0 Å². The second-order valence-electron chi connectivity index (χ2n) is 7.45. The van der Waals surface area contributed by atoms with Crippen molar-refractivity contribution >= 4 is 17.4 Å². The molecule has 1 N–H and O–H groups in total. The summed E-state index contributed by atoms with van der Waals surface area (Å²) in [6.45, 7) is 2.61. The van der Waals surface area contributed by atoms with E-state index in [2.05, 4.69) is 25.8 Å². The molecule has 166 valence electrons. The standard InChI is InChI=1S/C22H24N6O4/c1-15(25-30-13-16-11-12-16)23-19-10-6-9-18(24-19)14-31-26-20(17-7-4-3-5-8-17)21-27-32-22(29)28(21)2/h3-10,16H,11-14H2,1-2H3,(H,23,24,25). The lowest BCUT2D eigenvalue weighted by atomic mass is 10.1. The first-order valence-electron chi connectivity index (χ1n) is 10.3. The highest BCUT2D eigenvalue weighted by Crippen LogP contribution is 2.28. The van der Waals surface area contributed by atoms with Crippen molar-refractivity contribution in [3.05, 3.63) is 76.2 Å². The topological polar surface area (TPSA) is 116 Å². The fourth-order valence-electron chi connectivity index (χ4n) is 2.83. The number of hydrogen-bond acceptors (Lipinski definition) is 8. The summed E-state index contributed by atoms with van der Waals surface area (Å²) in [6.07, 6.45) is 2.45. The number of amidine groups is 1. The normalized spacial score (nSPS) is 14.4. The summed E-state index contributed by atoms with van der Waals surface area (Å²) in [5, 5.41) is 8.03. The second kappa shape index (κ2) is 10.0. The molecule has 1 saturated carbocycles. The molecule has 0 amide bonds. The number of oxime groups is 1. The first-order valence-corrected chi connectivity index (χ1v) is 10.3. The van der Waals surface area contributed by atoms with E-state index in [0.29, 0.717) is 35.6 Å². The molecule has 1 aromatic carbocycles. The summed E-state index contributed by atoms with van der Waals surface area (Å²) in [5.41, 5.74) is 4.59. The van der Waals surface area contributed by atoms with E-state index in [4.69, 9.17) is 14.2 Å². The molecular formula is C22H24N6O4. The molecule has 0 unspecified atom stereocenters. The lowest BCUT2D eigenvalue weighted by molar-refractivity contribution is 0.0760. The molecule has 0 radical (unpaired) electrons. The summed E-state index contributed by atoms with van der Waals surface area (Å²) in [5.74, 6) is 1.49. The van der Waals surface area contributed by atoms with Gasteiger partial charge in [0, 0.05) is 12.6 Å². The van der Waals surface area contributed by atoms with Crippen LogP contribution < -0.4 is 11.2 Å². The Morgan fingerprint density at radius 1 is 1.22 bits per heavy atom. The number of nitrogens with zero attached hydrogens (tertiary/aromatic N) is 5. The van der Waals surface area contributed by atoms with Gasteiger partial charge < -0.3 is 4.84 Å². The van der Waals surface area contributed by atoms with Crippen molar-refractivity contribution in [2.45, 2.75) is 26.4 Å². The molecule has 2 aromatic heterocycles. The lowest BCUT2D eigenvalue weighted by Gasteiger charge is -2.07. The Morgan fingerprint density at radius 3 is 2.75 bits per heavy atom. The average molecular weight is 436 g/mol. The van der Waals surface area contributed by atoms with Crippen molar-refractivity contribution in [1.29, 1.82) is 0 Å². The van der Waals surface area contributed by atoms with Gasteiger partial charge in [-0.25, -0.2) is 14.8 Å². The van der Waals surface area contributed by atoms with Gasteiger partial charge in [0.15, 0.2) is 18.1 Å². The van der Waals surface area contributed by atoms with Crippen LogP contribution in [0, 0.1) is 5.92 Å². The van der Waals surface area contributed by atoms with Crippen LogP contribution in [0.2, 0.25) is 0 Å². The maximum atomic E-state index is 11.7. The maximum Gasteiger partial charge on any atom is 0.441 e. The molecule has 0 aliphatic heterocycles. The summed E-state index contributed by atoms with van der Waals surface area (Å²) < 4.78 is 6.00. The van der Waals surface area contributed by atoms with Crippen molar-refractivity contribution < 1.29 is 14.2 Å². The SMILES string of the molecule is CC(=Nc1cccc(CON=C(c2ccccc2)c2noc(=O)n2C)n1)NOCC1CC1. The van der Waals surface area contributed by atoms with Crippen LogP contribution in [0.15, 0.2) is 68.0 Å². The van der Waals surface area contributed by atoms with E-state index >= 15 is 0 Å². The minimum absolute atomic E-state index is 0.107. The molecule has 2 heterocycles. The molecule has 1 fully saturated rings. The van der Waals surface area contributed by atoms with Crippen LogP contribution in [0.3, 0.4) is 0 Å². The number of benzene rings is 1. The highest BCUT2D eigenvalue weighted by atomic mass is 16.6. The number of rotatable bonds is 9. The Morgan fingerprint density at radius 2 is 2.03 bits per heavy atom. The van der Waals surface area contributed by atoms with Crippen molar-refractivity contribution in [3.8, 4) is 0 Å². The molecule has 10 nitrogen and oxygen atoms in total. The molecule has 4 rings (SSSR count). The summed E-state index contributed by atoms with van der Waals surface area (Å²) in [4.78, 5) is 31.5. The van der Waals surface area contributed by atoms with Gasteiger partial charge >= 0.3 is 5.76 Å². The van der Waals surface area contributed by atoms with Gasteiger partial charge in [0.2, 0.25) is 5.82 Å². The molecule has 0 spiro atoms. The quantitative estimate of drug-likeness (QED) is 0.311. The third-order valence-electron chi connectivity index (χ3n) is 4.74. The minimum Gasteiger partial charge on any atom is -0.389 e. The van der Waals surface area contributed by atoms with Gasteiger partial charge in [0.25, 0.3) is 0 Å². The van der Waals surface area contributed by atoms with Crippen LogP contribution in [0.5, 0.6) is 0 Å². The average Bonchev–Trinajstić information content (AvgIpc) is 3.57. The van der Waals surface area contributed by atoms with Crippen LogP contribution >= 0.6 is 0 Å². The Kier molecular flexibility index (Phi) is 6.71. The molecule has 1 aliphatic rings. The fraction of sp³-hybridized carbons (Fsp3) is 0.318. The van der Waals surface area contributed by atoms with Gasteiger partial charge in [-0.2, -0.15) is 0 Å². The number of aliphatic imine (C=N–C) groups is 1. The first-order chi connectivity index (χ1) is 15.6. The number of nitrogens with one attached hydrogen (secondary N) is 1. The Bertz CT molecular complexity index is 1160. The molecular weight excluding hydrogens is 412 g/mol. The minimum atomic E-state index is -0.582. The van der Waals surface area contributed by atoms with E-state index in [1.165, 1.54) is 17.4 Å². The van der Waals surface area contributed by atoms with Gasteiger partial charge in [-0.3, -0.25) is 19.4 Å². The van der Waals surface area contributed by atoms with Crippen molar-refractivity contribution in [2.24, 2.45) is 23.1 Å². The molecule has 10 heteroatoms. The summed E-state index contributed by atoms with van der Waals surface area (Å²) in [6, 6.07) is 14.7. The largest absolute Gasteiger partial charge is 0.441 e. The summed E-state index contributed by atoms with van der Waals surface area (Å²) in [7, 11) is 1.56. The molecule has 32 heavy (non-hydrogen) atoms. The van der Waals surface area contributed by atoms with Crippen molar-refractivity contribution in [1.82, 2.24) is 20.2 Å². The molecule has 0 saturated heterocycles. The lowest BCUT2D eigenvalue weighted by Crippen LogP contribution is -2.21. The van der Waals surface area contributed by atoms with Gasteiger partial charge in [-0.1, -0.05) is 46.7 Å². The maximum absolute atomic E-state index is 11.7. The fourth-order valence-corrected chi connectivity index (χ4v) is 2.83. The van der Waals surface area contributed by atoms with Crippen LogP contribution in [0.4, 0.5) is 5.82 Å².